The summed E-state index contributed by atoms with van der Waals surface area (Å²) in [5, 5.41) is 19.1. The van der Waals surface area contributed by atoms with Crippen LogP contribution in [0.5, 0.6) is 0 Å². The van der Waals surface area contributed by atoms with Crippen molar-refractivity contribution in [3.8, 4) is 6.07 Å². The summed E-state index contributed by atoms with van der Waals surface area (Å²) in [4.78, 5) is 27.2. The fourth-order valence-corrected chi connectivity index (χ4v) is 7.56. The Hall–Kier alpha value is -3.46. The molecule has 2 aromatic rings. The average Bonchev–Trinajstić information content (AvgIpc) is 3.23. The third-order valence-corrected chi connectivity index (χ3v) is 10.1. The van der Waals surface area contributed by atoms with Crippen LogP contribution in [0.4, 0.5) is 21.9 Å². The van der Waals surface area contributed by atoms with Crippen LogP contribution in [0, 0.1) is 22.7 Å². The Morgan fingerprint density at radius 1 is 1.09 bits per heavy atom. The maximum Gasteiger partial charge on any atom is 0.410 e. The number of rotatable bonds is 5. The van der Waals surface area contributed by atoms with Crippen molar-refractivity contribution < 1.29 is 9.53 Å². The lowest BCUT2D eigenvalue weighted by molar-refractivity contribution is 0.0130. The van der Waals surface area contributed by atoms with Gasteiger partial charge in [-0.25, -0.2) is 9.78 Å². The number of nitriles is 1. The summed E-state index contributed by atoms with van der Waals surface area (Å²) in [6.07, 6.45) is 6.38. The Balaban J connectivity index is 1.05. The predicted molar refractivity (Wildman–Crippen MR) is 181 cm³/mol. The summed E-state index contributed by atoms with van der Waals surface area (Å²) < 4.78 is 5.54. The number of aromatic nitrogens is 1. The standard InChI is InChI=1S/C33H41ClN8O2S/c1-32(2,3)44-31(43)40-17-15-38(16-18-40)22-23-9-13-39(14-10-23)24-5-7-25(8-6-24)42-30(45)41(29(36)33(42)11-4-12-33)26-19-27(34)28(20-35)37-21-26/h5-8,19,21,23,36H,4,9-18,22H2,1-3H3. The van der Waals surface area contributed by atoms with Gasteiger partial charge in [-0.3, -0.25) is 15.2 Å². The van der Waals surface area contributed by atoms with E-state index in [1.54, 1.807) is 17.2 Å². The van der Waals surface area contributed by atoms with Crippen LogP contribution in [-0.4, -0.2) is 88.8 Å². The molecule has 3 saturated heterocycles. The highest BCUT2D eigenvalue weighted by Gasteiger charge is 2.57. The van der Waals surface area contributed by atoms with Gasteiger partial charge in [0.1, 0.15) is 23.0 Å². The molecule has 45 heavy (non-hydrogen) atoms. The topological polar surface area (TPSA) is 103 Å². The van der Waals surface area contributed by atoms with Gasteiger partial charge in [0.25, 0.3) is 0 Å². The van der Waals surface area contributed by atoms with E-state index in [0.717, 1.165) is 83.6 Å². The number of anilines is 3. The van der Waals surface area contributed by atoms with Crippen molar-refractivity contribution in [3.63, 3.8) is 0 Å². The van der Waals surface area contributed by atoms with E-state index in [1.807, 2.05) is 31.7 Å². The van der Waals surface area contributed by atoms with Crippen LogP contribution in [0.2, 0.25) is 5.02 Å². The van der Waals surface area contributed by atoms with Gasteiger partial charge >= 0.3 is 6.09 Å². The molecule has 0 unspecified atom stereocenters. The number of benzene rings is 1. The van der Waals surface area contributed by atoms with Crippen LogP contribution >= 0.6 is 23.8 Å². The number of hydrogen-bond donors (Lipinski definition) is 1. The normalized spacial score (nSPS) is 20.9. The molecule has 0 bridgehead atoms. The third kappa shape index (κ3) is 6.20. The molecule has 238 valence electrons. The predicted octanol–water partition coefficient (Wildman–Crippen LogP) is 5.89. The summed E-state index contributed by atoms with van der Waals surface area (Å²) in [6, 6.07) is 12.3. The smallest absolute Gasteiger partial charge is 0.410 e. The molecule has 6 rings (SSSR count). The van der Waals surface area contributed by atoms with E-state index in [0.29, 0.717) is 22.6 Å². The Morgan fingerprint density at radius 3 is 2.29 bits per heavy atom. The molecule has 12 heteroatoms. The molecule has 4 aliphatic rings. The molecule has 1 spiro atoms. The number of pyridine rings is 1. The van der Waals surface area contributed by atoms with Crippen molar-refractivity contribution >= 4 is 57.9 Å². The molecule has 10 nitrogen and oxygen atoms in total. The molecular weight excluding hydrogens is 608 g/mol. The number of thiocarbonyl (C=S) groups is 1. The van der Waals surface area contributed by atoms with Crippen LogP contribution in [0.25, 0.3) is 0 Å². The molecule has 1 aliphatic carbocycles. The van der Waals surface area contributed by atoms with Crippen molar-refractivity contribution in [2.45, 2.75) is 64.0 Å². The zero-order valence-corrected chi connectivity index (χ0v) is 27.8. The van der Waals surface area contributed by atoms with E-state index in [4.69, 9.17) is 34.0 Å². The van der Waals surface area contributed by atoms with Gasteiger partial charge in [0.15, 0.2) is 10.8 Å². The van der Waals surface area contributed by atoms with E-state index >= 15 is 0 Å². The number of hydrogen-bond acceptors (Lipinski definition) is 8. The summed E-state index contributed by atoms with van der Waals surface area (Å²) in [7, 11) is 0. The van der Waals surface area contributed by atoms with Crippen LogP contribution in [0.3, 0.4) is 0 Å². The van der Waals surface area contributed by atoms with Gasteiger partial charge in [-0.15, -0.1) is 0 Å². The van der Waals surface area contributed by atoms with E-state index in [-0.39, 0.29) is 16.8 Å². The SMILES string of the molecule is CC(C)(C)OC(=O)N1CCN(CC2CCN(c3ccc(N4C(=S)N(c5cnc(C#N)c(Cl)c5)C(=N)C45CCC5)cc3)CC2)CC1. The van der Waals surface area contributed by atoms with Gasteiger partial charge in [0.05, 0.1) is 16.9 Å². The molecule has 1 aromatic carbocycles. The summed E-state index contributed by atoms with van der Waals surface area (Å²) >= 11 is 12.3. The Labute approximate surface area is 276 Å². The van der Waals surface area contributed by atoms with E-state index in [1.165, 1.54) is 5.69 Å². The minimum atomic E-state index is -0.476. The highest BCUT2D eigenvalue weighted by atomic mass is 35.5. The molecular formula is C33H41ClN8O2S. The number of halogens is 1. The lowest BCUT2D eigenvalue weighted by Crippen LogP contribution is -2.55. The number of ether oxygens (including phenoxy) is 1. The first-order valence-corrected chi connectivity index (χ1v) is 16.6. The van der Waals surface area contributed by atoms with Crippen LogP contribution < -0.4 is 14.7 Å². The van der Waals surface area contributed by atoms with E-state index in [9.17, 15) is 10.1 Å². The number of carbonyl (C=O) groups is 1. The molecule has 0 radical (unpaired) electrons. The van der Waals surface area contributed by atoms with Gasteiger partial charge < -0.3 is 19.4 Å². The number of piperidine rings is 1. The van der Waals surface area contributed by atoms with Gasteiger partial charge in [0.2, 0.25) is 0 Å². The maximum absolute atomic E-state index is 12.4. The van der Waals surface area contributed by atoms with Crippen molar-refractivity contribution in [1.82, 2.24) is 14.8 Å². The summed E-state index contributed by atoms with van der Waals surface area (Å²) in [6.45, 7) is 12.0. The molecule has 0 atom stereocenters. The van der Waals surface area contributed by atoms with Crippen LogP contribution in [0.1, 0.15) is 58.6 Å². The highest BCUT2D eigenvalue weighted by molar-refractivity contribution is 7.81. The largest absolute Gasteiger partial charge is 0.444 e. The van der Waals surface area contributed by atoms with Crippen molar-refractivity contribution in [1.29, 1.82) is 10.7 Å². The van der Waals surface area contributed by atoms with E-state index in [2.05, 4.69) is 43.9 Å². The fourth-order valence-electron chi connectivity index (χ4n) is 6.89. The zero-order valence-electron chi connectivity index (χ0n) is 26.3. The fraction of sp³-hybridized carbons (Fsp3) is 0.545. The summed E-state index contributed by atoms with van der Waals surface area (Å²) in [5.41, 5.74) is 2.00. The molecule has 4 heterocycles. The Bertz CT molecular complexity index is 1500. The van der Waals surface area contributed by atoms with Crippen molar-refractivity contribution in [3.05, 3.63) is 47.2 Å². The average molecular weight is 649 g/mol. The molecule has 1 N–H and O–H groups in total. The van der Waals surface area contributed by atoms with Gasteiger partial charge in [-0.05, 0) is 101 Å². The minimum Gasteiger partial charge on any atom is -0.444 e. The first-order chi connectivity index (χ1) is 21.5. The highest BCUT2D eigenvalue weighted by Crippen LogP contribution is 2.48. The summed E-state index contributed by atoms with van der Waals surface area (Å²) in [5.74, 6) is 1.08. The minimum absolute atomic E-state index is 0.157. The second kappa shape index (κ2) is 12.4. The first-order valence-electron chi connectivity index (χ1n) is 15.8. The second-order valence-corrected chi connectivity index (χ2v) is 14.3. The zero-order chi connectivity index (χ0) is 31.9. The van der Waals surface area contributed by atoms with E-state index < -0.39 is 11.1 Å². The first kappa shape index (κ1) is 31.5. The molecule has 1 aromatic heterocycles. The van der Waals surface area contributed by atoms with Crippen molar-refractivity contribution in [2.24, 2.45) is 5.92 Å². The van der Waals surface area contributed by atoms with Gasteiger partial charge in [-0.1, -0.05) is 11.6 Å². The monoisotopic (exact) mass is 648 g/mol. The number of nitrogens with zero attached hydrogens (tertiary/aromatic N) is 7. The van der Waals surface area contributed by atoms with Crippen LogP contribution in [-0.2, 0) is 4.74 Å². The quantitative estimate of drug-likeness (QED) is 0.398. The Kier molecular flexibility index (Phi) is 8.67. The Morgan fingerprint density at radius 2 is 1.73 bits per heavy atom. The van der Waals surface area contributed by atoms with Crippen molar-refractivity contribution in [2.75, 3.05) is 60.5 Å². The lowest BCUT2D eigenvalue weighted by atomic mass is 9.75. The van der Waals surface area contributed by atoms with Gasteiger partial charge in [0, 0.05) is 57.2 Å². The number of amidine groups is 1. The molecule has 4 fully saturated rings. The van der Waals surface area contributed by atoms with Crippen LogP contribution in [0.15, 0.2) is 36.5 Å². The lowest BCUT2D eigenvalue weighted by Gasteiger charge is -2.44. The second-order valence-electron chi connectivity index (χ2n) is 13.5. The maximum atomic E-state index is 12.4. The molecule has 1 saturated carbocycles. The molecule has 1 amide bonds. The third-order valence-electron chi connectivity index (χ3n) is 9.47. The number of nitrogens with one attached hydrogen (secondary N) is 1. The number of carbonyl (C=O) groups excluding carboxylic acids is 1. The number of piperazine rings is 1. The molecule has 3 aliphatic heterocycles. The number of amides is 1. The van der Waals surface area contributed by atoms with Gasteiger partial charge in [-0.2, -0.15) is 5.26 Å².